The van der Waals surface area contributed by atoms with E-state index in [9.17, 15) is 0 Å². The summed E-state index contributed by atoms with van der Waals surface area (Å²) in [4.78, 5) is 9.16. The Hall–Kier alpha value is -2.31. The van der Waals surface area contributed by atoms with Crippen molar-refractivity contribution in [1.29, 1.82) is 0 Å². The zero-order valence-electron chi connectivity index (χ0n) is 13.0. The van der Waals surface area contributed by atoms with Crippen LogP contribution in [0.2, 0.25) is 0 Å². The van der Waals surface area contributed by atoms with E-state index in [-0.39, 0.29) is 0 Å². The van der Waals surface area contributed by atoms with Crippen molar-refractivity contribution >= 4 is 33.3 Å². The van der Waals surface area contributed by atoms with Crippen molar-refractivity contribution in [2.45, 2.75) is 10.9 Å². The quantitative estimate of drug-likeness (QED) is 0.484. The Morgan fingerprint density at radius 1 is 1.17 bits per heavy atom. The van der Waals surface area contributed by atoms with Gasteiger partial charge in [-0.15, -0.1) is 11.3 Å². The van der Waals surface area contributed by atoms with Gasteiger partial charge in [-0.25, -0.2) is 9.97 Å². The minimum absolute atomic E-state index is 0.806. The molecule has 0 radical (unpaired) electrons. The molecule has 4 aromatic rings. The number of para-hydroxylation sites is 1. The fourth-order valence-electron chi connectivity index (χ4n) is 2.46. The Morgan fingerprint density at radius 2 is 2.08 bits per heavy atom. The number of fused-ring (bicyclic) bond motifs is 1. The van der Waals surface area contributed by atoms with Gasteiger partial charge >= 0.3 is 0 Å². The maximum atomic E-state index is 5.31. The summed E-state index contributed by atoms with van der Waals surface area (Å²) >= 11 is 3.43. The molecule has 2 heterocycles. The lowest BCUT2D eigenvalue weighted by Gasteiger charge is -2.08. The van der Waals surface area contributed by atoms with Crippen molar-refractivity contribution in [2.24, 2.45) is 0 Å². The predicted octanol–water partition coefficient (Wildman–Crippen LogP) is 4.78. The van der Waals surface area contributed by atoms with Gasteiger partial charge in [0.05, 0.1) is 28.8 Å². The minimum atomic E-state index is 0.806. The highest BCUT2D eigenvalue weighted by Crippen LogP contribution is 2.29. The SMILES string of the molecule is COc1cccc(-n2ccnc2SCc2nc3ccccc3s2)c1. The first kappa shape index (κ1) is 15.2. The molecule has 4 nitrogen and oxygen atoms in total. The Morgan fingerprint density at radius 3 is 2.96 bits per heavy atom. The molecule has 2 aromatic carbocycles. The highest BCUT2D eigenvalue weighted by molar-refractivity contribution is 7.98. The van der Waals surface area contributed by atoms with Gasteiger partial charge in [-0.3, -0.25) is 4.57 Å². The van der Waals surface area contributed by atoms with Crippen LogP contribution in [0.15, 0.2) is 66.1 Å². The summed E-state index contributed by atoms with van der Waals surface area (Å²) in [7, 11) is 1.68. The highest BCUT2D eigenvalue weighted by atomic mass is 32.2. The summed E-state index contributed by atoms with van der Waals surface area (Å²) in [6, 6.07) is 16.2. The van der Waals surface area contributed by atoms with E-state index in [1.54, 1.807) is 30.2 Å². The van der Waals surface area contributed by atoms with Crippen molar-refractivity contribution in [2.75, 3.05) is 7.11 Å². The van der Waals surface area contributed by atoms with Gasteiger partial charge in [-0.2, -0.15) is 0 Å². The summed E-state index contributed by atoms with van der Waals surface area (Å²) in [6.45, 7) is 0. The molecule has 0 aliphatic rings. The Labute approximate surface area is 148 Å². The lowest BCUT2D eigenvalue weighted by molar-refractivity contribution is 0.414. The Kier molecular flexibility index (Phi) is 4.23. The van der Waals surface area contributed by atoms with Crippen LogP contribution in [0.3, 0.4) is 0 Å². The molecule has 6 heteroatoms. The number of methoxy groups -OCH3 is 1. The number of thiazole rings is 1. The second kappa shape index (κ2) is 6.67. The first-order chi connectivity index (χ1) is 11.8. The number of hydrogen-bond donors (Lipinski definition) is 0. The molecule has 0 spiro atoms. The topological polar surface area (TPSA) is 39.9 Å². The van der Waals surface area contributed by atoms with Gasteiger partial charge in [0.15, 0.2) is 5.16 Å². The van der Waals surface area contributed by atoms with Crippen molar-refractivity contribution in [1.82, 2.24) is 14.5 Å². The van der Waals surface area contributed by atoms with E-state index in [4.69, 9.17) is 4.74 Å². The molecule has 0 bridgehead atoms. The molecule has 4 rings (SSSR count). The third-order valence-electron chi connectivity index (χ3n) is 3.60. The van der Waals surface area contributed by atoms with Gasteiger partial charge in [-0.1, -0.05) is 30.0 Å². The van der Waals surface area contributed by atoms with Crippen molar-refractivity contribution in [3.05, 3.63) is 65.9 Å². The summed E-state index contributed by atoms with van der Waals surface area (Å²) in [5.41, 5.74) is 2.10. The van der Waals surface area contributed by atoms with Crippen molar-refractivity contribution in [3.63, 3.8) is 0 Å². The molecule has 0 saturated heterocycles. The maximum Gasteiger partial charge on any atom is 0.172 e. The Bertz CT molecular complexity index is 944. The van der Waals surface area contributed by atoms with Crippen LogP contribution in [0, 0.1) is 0 Å². The molecular weight excluding hydrogens is 338 g/mol. The van der Waals surface area contributed by atoms with Gasteiger partial charge in [0.25, 0.3) is 0 Å². The first-order valence-electron chi connectivity index (χ1n) is 7.48. The molecule has 0 aliphatic carbocycles. The molecule has 120 valence electrons. The van der Waals surface area contributed by atoms with E-state index in [1.165, 1.54) is 4.70 Å². The fourth-order valence-corrected chi connectivity index (χ4v) is 4.39. The minimum Gasteiger partial charge on any atom is -0.497 e. The number of thioether (sulfide) groups is 1. The van der Waals surface area contributed by atoms with Crippen LogP contribution >= 0.6 is 23.1 Å². The summed E-state index contributed by atoms with van der Waals surface area (Å²) in [5.74, 6) is 1.64. The van der Waals surface area contributed by atoms with Gasteiger partial charge < -0.3 is 4.74 Å². The van der Waals surface area contributed by atoms with E-state index < -0.39 is 0 Å². The average molecular weight is 353 g/mol. The average Bonchev–Trinajstić information content (AvgIpc) is 3.26. The smallest absolute Gasteiger partial charge is 0.172 e. The molecule has 24 heavy (non-hydrogen) atoms. The summed E-state index contributed by atoms with van der Waals surface area (Å²) in [5, 5.41) is 2.06. The largest absolute Gasteiger partial charge is 0.497 e. The van der Waals surface area contributed by atoms with Crippen LogP contribution in [0.1, 0.15) is 5.01 Å². The lowest BCUT2D eigenvalue weighted by Crippen LogP contribution is -1.96. The van der Waals surface area contributed by atoms with Crippen LogP contribution in [0.4, 0.5) is 0 Å². The van der Waals surface area contributed by atoms with Gasteiger partial charge in [0.1, 0.15) is 10.8 Å². The zero-order chi connectivity index (χ0) is 16.4. The van der Waals surface area contributed by atoms with Crippen LogP contribution in [0.5, 0.6) is 5.75 Å². The van der Waals surface area contributed by atoms with Gasteiger partial charge in [-0.05, 0) is 24.3 Å². The number of nitrogens with zero attached hydrogens (tertiary/aromatic N) is 3. The summed E-state index contributed by atoms with van der Waals surface area (Å²) < 4.78 is 8.60. The van der Waals surface area contributed by atoms with Crippen LogP contribution < -0.4 is 4.74 Å². The molecule has 0 amide bonds. The second-order valence-electron chi connectivity index (χ2n) is 5.15. The number of hydrogen-bond acceptors (Lipinski definition) is 5. The van der Waals surface area contributed by atoms with Gasteiger partial charge in [0, 0.05) is 18.5 Å². The molecule has 0 saturated carbocycles. The number of aromatic nitrogens is 3. The van der Waals surface area contributed by atoms with Crippen molar-refractivity contribution in [3.8, 4) is 11.4 Å². The van der Waals surface area contributed by atoms with E-state index in [0.29, 0.717) is 0 Å². The Balaban J connectivity index is 1.56. The molecular formula is C18H15N3OS2. The van der Waals surface area contributed by atoms with Crippen LogP contribution in [-0.2, 0) is 5.75 Å². The van der Waals surface area contributed by atoms with E-state index in [1.807, 2.05) is 48.8 Å². The molecule has 2 aromatic heterocycles. The van der Waals surface area contributed by atoms with Crippen LogP contribution in [0.25, 0.3) is 15.9 Å². The number of ether oxygens (including phenoxy) is 1. The maximum absolute atomic E-state index is 5.31. The van der Waals surface area contributed by atoms with E-state index >= 15 is 0 Å². The van der Waals surface area contributed by atoms with Gasteiger partial charge in [0.2, 0.25) is 0 Å². The van der Waals surface area contributed by atoms with Crippen LogP contribution in [-0.4, -0.2) is 21.6 Å². The molecule has 0 N–H and O–H groups in total. The molecule has 0 atom stereocenters. The molecule has 0 aliphatic heterocycles. The van der Waals surface area contributed by atoms with E-state index in [2.05, 4.69) is 26.7 Å². The number of imidazole rings is 1. The number of benzene rings is 2. The predicted molar refractivity (Wildman–Crippen MR) is 99.3 cm³/mol. The molecule has 0 fully saturated rings. The lowest BCUT2D eigenvalue weighted by atomic mass is 10.3. The first-order valence-corrected chi connectivity index (χ1v) is 9.29. The monoisotopic (exact) mass is 353 g/mol. The van der Waals surface area contributed by atoms with E-state index in [0.717, 1.165) is 32.9 Å². The third-order valence-corrected chi connectivity index (χ3v) is 5.80. The van der Waals surface area contributed by atoms with Crippen molar-refractivity contribution < 1.29 is 4.74 Å². The normalized spacial score (nSPS) is 11.0. The number of rotatable bonds is 5. The zero-order valence-corrected chi connectivity index (χ0v) is 14.7. The fraction of sp³-hybridized carbons (Fsp3) is 0.111. The second-order valence-corrected chi connectivity index (χ2v) is 7.20. The molecule has 0 unspecified atom stereocenters. The third kappa shape index (κ3) is 3.02. The standard InChI is InChI=1S/C18H15N3OS2/c1-22-14-6-4-5-13(11-14)21-10-9-19-18(21)23-12-17-20-15-7-2-3-8-16(15)24-17/h2-11H,12H2,1H3. The summed E-state index contributed by atoms with van der Waals surface area (Å²) in [6.07, 6.45) is 3.79. The highest BCUT2D eigenvalue weighted by Gasteiger charge is 2.09.